The summed E-state index contributed by atoms with van der Waals surface area (Å²) >= 11 is 3.10. The molecule has 1 rings (SSSR count). The Morgan fingerprint density at radius 3 is 2.64 bits per heavy atom. The fourth-order valence-corrected chi connectivity index (χ4v) is 1.44. The number of halogens is 1. The van der Waals surface area contributed by atoms with Crippen molar-refractivity contribution in [3.63, 3.8) is 0 Å². The van der Waals surface area contributed by atoms with E-state index in [1.807, 2.05) is 0 Å². The summed E-state index contributed by atoms with van der Waals surface area (Å²) in [6.45, 7) is 0. The van der Waals surface area contributed by atoms with Gasteiger partial charge in [-0.05, 0) is 22.0 Å². The Kier molecular flexibility index (Phi) is 3.19. The number of nitrogens with zero attached hydrogens (tertiary/aromatic N) is 1. The Labute approximate surface area is 88.0 Å². The van der Waals surface area contributed by atoms with Gasteiger partial charge in [-0.2, -0.15) is 0 Å². The molecule has 74 valence electrons. The van der Waals surface area contributed by atoms with Crippen molar-refractivity contribution in [1.29, 1.82) is 0 Å². The number of benzene rings is 1. The zero-order valence-corrected chi connectivity index (χ0v) is 8.78. The molecule has 0 atom stereocenters. The van der Waals surface area contributed by atoms with Gasteiger partial charge in [-0.3, -0.25) is 14.9 Å². The van der Waals surface area contributed by atoms with Crippen molar-refractivity contribution in [1.82, 2.24) is 0 Å². The number of hydrogen-bond donors (Lipinski definition) is 0. The average molecular weight is 260 g/mol. The molecule has 0 bridgehead atoms. The maximum absolute atomic E-state index is 10.6. The first kappa shape index (κ1) is 10.6. The first-order valence-corrected chi connectivity index (χ1v) is 4.37. The third-order valence-electron chi connectivity index (χ3n) is 1.64. The molecule has 0 N–H and O–H groups in total. The molecular weight excluding hydrogens is 254 g/mol. The van der Waals surface area contributed by atoms with Gasteiger partial charge in [-0.1, -0.05) is 0 Å². The largest absolute Gasteiger partial charge is 0.490 e. The molecule has 0 fully saturated rings. The standard InChI is InChI=1S/C8H6BrNO4/c1-14-8-5(4-11)6(9)2-3-7(8)10(12)13/h2-4H,1H3. The predicted octanol–water partition coefficient (Wildman–Crippen LogP) is 2.18. The summed E-state index contributed by atoms with van der Waals surface area (Å²) in [6, 6.07) is 2.71. The number of aldehydes is 1. The molecule has 0 saturated heterocycles. The van der Waals surface area contributed by atoms with E-state index in [0.29, 0.717) is 10.8 Å². The van der Waals surface area contributed by atoms with Crippen molar-refractivity contribution in [2.45, 2.75) is 0 Å². The number of carbonyl (C=O) groups excluding carboxylic acids is 1. The minimum absolute atomic E-state index is 0.0284. The molecule has 1 aromatic carbocycles. The second-order valence-electron chi connectivity index (χ2n) is 2.39. The molecule has 0 aliphatic carbocycles. The summed E-state index contributed by atoms with van der Waals surface area (Å²) in [4.78, 5) is 20.6. The Morgan fingerprint density at radius 2 is 2.21 bits per heavy atom. The van der Waals surface area contributed by atoms with Crippen LogP contribution in [-0.2, 0) is 0 Å². The third-order valence-corrected chi connectivity index (χ3v) is 2.33. The van der Waals surface area contributed by atoms with Gasteiger partial charge < -0.3 is 4.74 Å². The fraction of sp³-hybridized carbons (Fsp3) is 0.125. The lowest BCUT2D eigenvalue weighted by atomic mass is 10.2. The van der Waals surface area contributed by atoms with Crippen LogP contribution in [0.3, 0.4) is 0 Å². The second-order valence-corrected chi connectivity index (χ2v) is 3.24. The Hall–Kier alpha value is -1.43. The van der Waals surface area contributed by atoms with Crippen LogP contribution >= 0.6 is 15.9 Å². The van der Waals surface area contributed by atoms with Crippen LogP contribution in [0.4, 0.5) is 5.69 Å². The summed E-state index contributed by atoms with van der Waals surface area (Å²) in [5.41, 5.74) is -0.0838. The van der Waals surface area contributed by atoms with Crippen molar-refractivity contribution in [3.05, 3.63) is 32.3 Å². The molecule has 0 aliphatic rings. The highest BCUT2D eigenvalue weighted by Gasteiger charge is 2.20. The van der Waals surface area contributed by atoms with E-state index in [4.69, 9.17) is 4.74 Å². The Bertz CT molecular complexity index is 391. The highest BCUT2D eigenvalue weighted by Crippen LogP contribution is 2.34. The molecule has 0 heterocycles. The predicted molar refractivity (Wildman–Crippen MR) is 52.7 cm³/mol. The number of hydrogen-bond acceptors (Lipinski definition) is 4. The number of carbonyl (C=O) groups is 1. The van der Waals surface area contributed by atoms with Crippen LogP contribution < -0.4 is 4.74 Å². The van der Waals surface area contributed by atoms with E-state index in [-0.39, 0.29) is 17.0 Å². The van der Waals surface area contributed by atoms with Gasteiger partial charge in [0.05, 0.1) is 17.6 Å². The van der Waals surface area contributed by atoms with E-state index in [1.165, 1.54) is 19.2 Å². The molecule has 14 heavy (non-hydrogen) atoms. The Morgan fingerprint density at radius 1 is 1.57 bits per heavy atom. The molecule has 1 aromatic rings. The van der Waals surface area contributed by atoms with Crippen molar-refractivity contribution in [3.8, 4) is 5.75 Å². The van der Waals surface area contributed by atoms with Gasteiger partial charge in [-0.15, -0.1) is 0 Å². The molecule has 0 aliphatic heterocycles. The smallest absolute Gasteiger partial charge is 0.311 e. The van der Waals surface area contributed by atoms with Crippen LogP contribution in [0, 0.1) is 10.1 Å². The first-order valence-electron chi connectivity index (χ1n) is 3.58. The van der Waals surface area contributed by atoms with E-state index in [2.05, 4.69) is 15.9 Å². The molecule has 0 saturated carbocycles. The van der Waals surface area contributed by atoms with E-state index in [9.17, 15) is 14.9 Å². The zero-order chi connectivity index (χ0) is 10.7. The minimum atomic E-state index is -0.599. The van der Waals surface area contributed by atoms with E-state index < -0.39 is 4.92 Å². The topological polar surface area (TPSA) is 69.4 Å². The number of rotatable bonds is 3. The Balaban J connectivity index is 3.48. The van der Waals surface area contributed by atoms with E-state index in [1.54, 1.807) is 0 Å². The minimum Gasteiger partial charge on any atom is -0.490 e. The summed E-state index contributed by atoms with van der Waals surface area (Å²) in [5, 5.41) is 10.6. The van der Waals surface area contributed by atoms with Gasteiger partial charge in [0.2, 0.25) is 5.75 Å². The molecule has 0 unspecified atom stereocenters. The first-order chi connectivity index (χ1) is 6.61. The maximum Gasteiger partial charge on any atom is 0.311 e. The van der Waals surface area contributed by atoms with Gasteiger partial charge in [-0.25, -0.2) is 0 Å². The second kappa shape index (κ2) is 4.19. The lowest BCUT2D eigenvalue weighted by Gasteiger charge is -2.05. The zero-order valence-electron chi connectivity index (χ0n) is 7.19. The van der Waals surface area contributed by atoms with Crippen LogP contribution in [-0.4, -0.2) is 18.3 Å². The summed E-state index contributed by atoms with van der Waals surface area (Å²) in [5.74, 6) is -0.0284. The highest BCUT2D eigenvalue weighted by molar-refractivity contribution is 9.10. The molecule has 0 aromatic heterocycles. The highest BCUT2D eigenvalue weighted by atomic mass is 79.9. The molecular formula is C8H6BrNO4. The van der Waals surface area contributed by atoms with Gasteiger partial charge in [0, 0.05) is 10.5 Å². The van der Waals surface area contributed by atoms with Crippen LogP contribution in [0.15, 0.2) is 16.6 Å². The molecule has 0 amide bonds. The lowest BCUT2D eigenvalue weighted by Crippen LogP contribution is -1.98. The summed E-state index contributed by atoms with van der Waals surface area (Å²) in [7, 11) is 1.28. The normalized spacial score (nSPS) is 9.57. The van der Waals surface area contributed by atoms with Crippen LogP contribution in [0.5, 0.6) is 5.75 Å². The number of nitro benzene ring substituents is 1. The van der Waals surface area contributed by atoms with Crippen LogP contribution in [0.1, 0.15) is 10.4 Å². The maximum atomic E-state index is 10.6. The van der Waals surface area contributed by atoms with Gasteiger partial charge in [0.1, 0.15) is 0 Å². The average Bonchev–Trinajstić information content (AvgIpc) is 2.16. The fourth-order valence-electron chi connectivity index (χ4n) is 1.03. The molecule has 0 spiro atoms. The number of ether oxygens (including phenoxy) is 1. The van der Waals surface area contributed by atoms with Crippen molar-refractivity contribution in [2.75, 3.05) is 7.11 Å². The van der Waals surface area contributed by atoms with Gasteiger partial charge in [0.15, 0.2) is 6.29 Å². The van der Waals surface area contributed by atoms with Crippen LogP contribution in [0.25, 0.3) is 0 Å². The van der Waals surface area contributed by atoms with Crippen molar-refractivity contribution >= 4 is 27.9 Å². The van der Waals surface area contributed by atoms with Crippen LogP contribution in [0.2, 0.25) is 0 Å². The number of nitro groups is 1. The molecule has 6 heteroatoms. The van der Waals surface area contributed by atoms with Gasteiger partial charge in [0.25, 0.3) is 0 Å². The summed E-state index contributed by atoms with van der Waals surface area (Å²) < 4.78 is 5.27. The summed E-state index contributed by atoms with van der Waals surface area (Å²) in [6.07, 6.45) is 0.510. The quantitative estimate of drug-likeness (QED) is 0.474. The monoisotopic (exact) mass is 259 g/mol. The van der Waals surface area contributed by atoms with E-state index in [0.717, 1.165) is 0 Å². The SMILES string of the molecule is COc1c([N+](=O)[O-])ccc(Br)c1C=O. The van der Waals surface area contributed by atoms with Crippen molar-refractivity contribution < 1.29 is 14.5 Å². The lowest BCUT2D eigenvalue weighted by molar-refractivity contribution is -0.385. The van der Waals surface area contributed by atoms with Crippen molar-refractivity contribution in [2.24, 2.45) is 0 Å². The van der Waals surface area contributed by atoms with Gasteiger partial charge >= 0.3 is 5.69 Å². The number of methoxy groups -OCH3 is 1. The molecule has 5 nitrogen and oxygen atoms in total. The molecule has 0 radical (unpaired) electrons. The van der Waals surface area contributed by atoms with E-state index >= 15 is 0 Å². The third kappa shape index (κ3) is 1.74.